The molecule has 7 heteroatoms. The molecule has 1 saturated heterocycles. The molecule has 0 aromatic heterocycles. The third-order valence-electron chi connectivity index (χ3n) is 4.79. The summed E-state index contributed by atoms with van der Waals surface area (Å²) in [6.45, 7) is 4.07. The molecule has 0 unspecified atom stereocenters. The molecular formula is C21H22ClFN2O3. The van der Waals surface area contributed by atoms with Gasteiger partial charge in [-0.3, -0.25) is 14.5 Å². The fourth-order valence-corrected chi connectivity index (χ4v) is 3.40. The van der Waals surface area contributed by atoms with Crippen LogP contribution in [0.15, 0.2) is 42.5 Å². The van der Waals surface area contributed by atoms with Gasteiger partial charge in [0.15, 0.2) is 12.4 Å². The molecule has 28 heavy (non-hydrogen) atoms. The van der Waals surface area contributed by atoms with Crippen molar-refractivity contribution in [3.63, 3.8) is 0 Å². The van der Waals surface area contributed by atoms with Gasteiger partial charge in [-0.1, -0.05) is 29.8 Å². The largest absolute Gasteiger partial charge is 0.483 e. The maximum atomic E-state index is 13.9. The third kappa shape index (κ3) is 4.88. The number of hydrogen-bond acceptors (Lipinski definition) is 4. The minimum atomic E-state index is -0.316. The van der Waals surface area contributed by atoms with Crippen LogP contribution in [0.2, 0.25) is 5.02 Å². The van der Waals surface area contributed by atoms with Gasteiger partial charge in [-0.25, -0.2) is 4.39 Å². The highest BCUT2D eigenvalue weighted by Crippen LogP contribution is 2.22. The predicted molar refractivity (Wildman–Crippen MR) is 105 cm³/mol. The van der Waals surface area contributed by atoms with E-state index in [0.29, 0.717) is 54.6 Å². The summed E-state index contributed by atoms with van der Waals surface area (Å²) in [7, 11) is 0. The first-order valence-electron chi connectivity index (χ1n) is 9.11. The Morgan fingerprint density at radius 3 is 2.46 bits per heavy atom. The van der Waals surface area contributed by atoms with Crippen LogP contribution >= 0.6 is 11.6 Å². The van der Waals surface area contributed by atoms with Gasteiger partial charge in [-0.2, -0.15) is 0 Å². The zero-order chi connectivity index (χ0) is 20.1. The lowest BCUT2D eigenvalue weighted by atomic mass is 10.1. The number of carbonyl (C=O) groups excluding carboxylic acids is 2. The molecule has 1 fully saturated rings. The van der Waals surface area contributed by atoms with E-state index in [2.05, 4.69) is 4.90 Å². The number of nitrogens with zero attached hydrogens (tertiary/aromatic N) is 2. The summed E-state index contributed by atoms with van der Waals surface area (Å²) in [5, 5.41) is 0.413. The molecule has 0 bridgehead atoms. The van der Waals surface area contributed by atoms with E-state index in [4.69, 9.17) is 16.3 Å². The van der Waals surface area contributed by atoms with Crippen molar-refractivity contribution in [2.75, 3.05) is 32.8 Å². The topological polar surface area (TPSA) is 49.9 Å². The molecule has 3 rings (SSSR count). The number of ketones is 1. The van der Waals surface area contributed by atoms with Crippen LogP contribution in [-0.2, 0) is 11.3 Å². The maximum absolute atomic E-state index is 13.9. The second kappa shape index (κ2) is 9.17. The van der Waals surface area contributed by atoms with Crippen LogP contribution in [-0.4, -0.2) is 54.3 Å². The van der Waals surface area contributed by atoms with Gasteiger partial charge in [0.2, 0.25) is 0 Å². The number of benzene rings is 2. The SMILES string of the molecule is CC(=O)c1ccccc1OCC(=O)N1CCN(Cc2c(F)cccc2Cl)CC1. The number of hydrogen-bond donors (Lipinski definition) is 0. The minimum Gasteiger partial charge on any atom is -0.483 e. The molecule has 1 aliphatic rings. The lowest BCUT2D eigenvalue weighted by Gasteiger charge is -2.34. The van der Waals surface area contributed by atoms with Crippen LogP contribution in [0.25, 0.3) is 0 Å². The van der Waals surface area contributed by atoms with Crippen molar-refractivity contribution in [3.05, 3.63) is 64.4 Å². The van der Waals surface area contributed by atoms with Gasteiger partial charge in [0.1, 0.15) is 11.6 Å². The first-order chi connectivity index (χ1) is 13.5. The van der Waals surface area contributed by atoms with E-state index in [0.717, 1.165) is 0 Å². The van der Waals surface area contributed by atoms with Crippen molar-refractivity contribution in [3.8, 4) is 5.75 Å². The molecule has 0 radical (unpaired) electrons. The van der Waals surface area contributed by atoms with E-state index >= 15 is 0 Å². The van der Waals surface area contributed by atoms with Gasteiger partial charge in [0.05, 0.1) is 5.56 Å². The second-order valence-electron chi connectivity index (χ2n) is 6.70. The van der Waals surface area contributed by atoms with Gasteiger partial charge in [-0.05, 0) is 31.2 Å². The Labute approximate surface area is 168 Å². The second-order valence-corrected chi connectivity index (χ2v) is 7.11. The Kier molecular flexibility index (Phi) is 6.65. The number of para-hydroxylation sites is 1. The standard InChI is InChI=1S/C21H22ClFN2O3/c1-15(26)16-5-2-3-8-20(16)28-14-21(27)25-11-9-24(10-12-25)13-17-18(22)6-4-7-19(17)23/h2-8H,9-14H2,1H3. The van der Waals surface area contributed by atoms with Crippen LogP contribution in [0.1, 0.15) is 22.8 Å². The van der Waals surface area contributed by atoms with Gasteiger partial charge in [0, 0.05) is 43.3 Å². The number of rotatable bonds is 6. The summed E-state index contributed by atoms with van der Waals surface area (Å²) in [5.74, 6) is -0.148. The van der Waals surface area contributed by atoms with Crippen molar-refractivity contribution in [2.45, 2.75) is 13.5 Å². The Balaban J connectivity index is 1.51. The minimum absolute atomic E-state index is 0.108. The molecule has 0 N–H and O–H groups in total. The summed E-state index contributed by atoms with van der Waals surface area (Å²) in [6, 6.07) is 11.5. The number of carbonyl (C=O) groups is 2. The zero-order valence-electron chi connectivity index (χ0n) is 15.7. The quantitative estimate of drug-likeness (QED) is 0.692. The highest BCUT2D eigenvalue weighted by Gasteiger charge is 2.23. The Morgan fingerprint density at radius 1 is 1.07 bits per heavy atom. The average Bonchev–Trinajstić information content (AvgIpc) is 2.69. The number of amides is 1. The van der Waals surface area contributed by atoms with Gasteiger partial charge in [-0.15, -0.1) is 0 Å². The van der Waals surface area contributed by atoms with Crippen LogP contribution in [0.4, 0.5) is 4.39 Å². The van der Waals surface area contributed by atoms with Crippen LogP contribution in [0, 0.1) is 5.82 Å². The van der Waals surface area contributed by atoms with E-state index in [9.17, 15) is 14.0 Å². The Morgan fingerprint density at radius 2 is 1.79 bits per heavy atom. The van der Waals surface area contributed by atoms with Crippen molar-refractivity contribution < 1.29 is 18.7 Å². The normalized spacial score (nSPS) is 14.8. The fraction of sp³-hybridized carbons (Fsp3) is 0.333. The summed E-state index contributed by atoms with van der Waals surface area (Å²) >= 11 is 6.09. The third-order valence-corrected chi connectivity index (χ3v) is 5.14. The molecule has 1 amide bonds. The highest BCUT2D eigenvalue weighted by atomic mass is 35.5. The van der Waals surface area contributed by atoms with Crippen molar-refractivity contribution in [2.24, 2.45) is 0 Å². The van der Waals surface area contributed by atoms with E-state index in [1.165, 1.54) is 13.0 Å². The number of ether oxygens (including phenoxy) is 1. The fourth-order valence-electron chi connectivity index (χ4n) is 3.18. The predicted octanol–water partition coefficient (Wildman–Crippen LogP) is 3.40. The molecule has 0 spiro atoms. The Bertz CT molecular complexity index is 846. The van der Waals surface area contributed by atoms with E-state index in [-0.39, 0.29) is 24.1 Å². The summed E-state index contributed by atoms with van der Waals surface area (Å²) in [6.07, 6.45) is 0. The van der Waals surface area contributed by atoms with Crippen molar-refractivity contribution in [1.82, 2.24) is 9.80 Å². The lowest BCUT2D eigenvalue weighted by Crippen LogP contribution is -2.49. The first-order valence-corrected chi connectivity index (χ1v) is 9.49. The zero-order valence-corrected chi connectivity index (χ0v) is 16.4. The van der Waals surface area contributed by atoms with Gasteiger partial charge in [0.25, 0.3) is 5.91 Å². The van der Waals surface area contributed by atoms with E-state index in [1.54, 1.807) is 41.3 Å². The molecule has 1 heterocycles. The summed E-state index contributed by atoms with van der Waals surface area (Å²) in [5.41, 5.74) is 0.940. The van der Waals surface area contributed by atoms with Crippen molar-refractivity contribution in [1.29, 1.82) is 0 Å². The average molecular weight is 405 g/mol. The molecule has 0 aliphatic carbocycles. The smallest absolute Gasteiger partial charge is 0.260 e. The number of piperazine rings is 1. The molecule has 2 aromatic rings. The van der Waals surface area contributed by atoms with Gasteiger partial charge < -0.3 is 9.64 Å². The summed E-state index contributed by atoms with van der Waals surface area (Å²) in [4.78, 5) is 27.9. The molecule has 2 aromatic carbocycles. The molecule has 5 nitrogen and oxygen atoms in total. The monoisotopic (exact) mass is 404 g/mol. The summed E-state index contributed by atoms with van der Waals surface area (Å²) < 4.78 is 19.5. The van der Waals surface area contributed by atoms with Crippen molar-refractivity contribution >= 4 is 23.3 Å². The molecule has 148 valence electrons. The molecular weight excluding hydrogens is 383 g/mol. The molecule has 0 saturated carbocycles. The van der Waals surface area contributed by atoms with E-state index < -0.39 is 0 Å². The van der Waals surface area contributed by atoms with E-state index in [1.807, 2.05) is 0 Å². The van der Waals surface area contributed by atoms with Crippen LogP contribution in [0.3, 0.4) is 0 Å². The first kappa shape index (κ1) is 20.3. The lowest BCUT2D eigenvalue weighted by molar-refractivity contribution is -0.135. The molecule has 1 aliphatic heterocycles. The van der Waals surface area contributed by atoms with Crippen LogP contribution in [0.5, 0.6) is 5.75 Å². The maximum Gasteiger partial charge on any atom is 0.260 e. The number of Topliss-reactive ketones (excluding diaryl/α,β-unsaturated/α-hetero) is 1. The molecule has 0 atom stereocenters. The Hall–Kier alpha value is -2.44. The van der Waals surface area contributed by atoms with Crippen LogP contribution < -0.4 is 4.74 Å². The highest BCUT2D eigenvalue weighted by molar-refractivity contribution is 6.31. The number of halogens is 2. The van der Waals surface area contributed by atoms with Gasteiger partial charge >= 0.3 is 0 Å².